The third-order valence-corrected chi connectivity index (χ3v) is 8.42. The normalized spacial score (nSPS) is 32.5. The van der Waals surface area contributed by atoms with Gasteiger partial charge in [-0.15, -0.1) is 0 Å². The van der Waals surface area contributed by atoms with Crippen LogP contribution < -0.4 is 0 Å². The van der Waals surface area contributed by atoms with Crippen molar-refractivity contribution in [3.63, 3.8) is 0 Å². The summed E-state index contributed by atoms with van der Waals surface area (Å²) in [7, 11) is 1.26. The van der Waals surface area contributed by atoms with Crippen molar-refractivity contribution >= 4 is 11.9 Å². The highest BCUT2D eigenvalue weighted by atomic mass is 16.7. The third kappa shape index (κ3) is 14.1. The summed E-state index contributed by atoms with van der Waals surface area (Å²) in [4.78, 5) is 22.6. The largest absolute Gasteiger partial charge is 0.467 e. The summed E-state index contributed by atoms with van der Waals surface area (Å²) in [5, 5.41) is 81.4. The molecule has 0 saturated carbocycles. The lowest BCUT2D eigenvalue weighted by Gasteiger charge is -2.46. The summed E-state index contributed by atoms with van der Waals surface area (Å²) in [6.45, 7) is -0.199. The molecule has 12 atom stereocenters. The van der Waals surface area contributed by atoms with Crippen molar-refractivity contribution in [1.29, 1.82) is 0 Å². The zero-order valence-corrected chi connectivity index (χ0v) is 27.4. The summed E-state index contributed by atoms with van der Waals surface area (Å²) in [5.41, 5.74) is 0. The number of unbranched alkanes of at least 4 members (excludes halogenated alkanes) is 9. The van der Waals surface area contributed by atoms with E-state index in [1.165, 1.54) is 7.11 Å². The number of rotatable bonds is 22. The number of hydrogen-bond donors (Lipinski definition) is 8. The van der Waals surface area contributed by atoms with Crippen LogP contribution in [0.25, 0.3) is 0 Å². The molecule has 276 valence electrons. The van der Waals surface area contributed by atoms with Gasteiger partial charge < -0.3 is 69.3 Å². The first-order valence-corrected chi connectivity index (χ1v) is 16.6. The molecule has 2 heterocycles. The van der Waals surface area contributed by atoms with Crippen LogP contribution in [0.2, 0.25) is 0 Å². The highest BCUT2D eigenvalue weighted by Crippen LogP contribution is 2.30. The van der Waals surface area contributed by atoms with E-state index in [9.17, 15) is 50.4 Å². The summed E-state index contributed by atoms with van der Waals surface area (Å²) < 4.78 is 31.8. The Kier molecular flexibility index (Phi) is 19.7. The topological polar surface area (TPSA) is 251 Å². The first-order chi connectivity index (χ1) is 22.4. The number of aliphatic hydroxyl groups is 8. The molecule has 2 rings (SSSR count). The Balaban J connectivity index is 1.69. The van der Waals surface area contributed by atoms with Crippen LogP contribution in [0.4, 0.5) is 0 Å². The molecule has 0 aliphatic carbocycles. The van der Waals surface area contributed by atoms with Crippen LogP contribution in [0.3, 0.4) is 0 Å². The maximum absolute atomic E-state index is 11.5. The number of carbonyl (C=O) groups excluding carboxylic acids is 2. The zero-order valence-electron chi connectivity index (χ0n) is 27.4. The van der Waals surface area contributed by atoms with Gasteiger partial charge in [-0.25, -0.2) is 4.79 Å². The van der Waals surface area contributed by atoms with Gasteiger partial charge in [-0.1, -0.05) is 64.2 Å². The van der Waals surface area contributed by atoms with Crippen molar-refractivity contribution in [3.05, 3.63) is 0 Å². The Morgan fingerprint density at radius 3 is 1.79 bits per heavy atom. The molecule has 0 aromatic rings. The standard InChI is InChI=1S/C31H56O16/c1-18(33)43-17-22-28(47-31-26(39)24(37)23(36)21(15-32)45-31)25(38)27(40)30(46-22)44-16-19(34)13-11-9-7-5-3-4-6-8-10-12-14-20(35)29(41)42-2/h19-28,30-32,34-40H,3-17H2,1-2H3. The highest BCUT2D eigenvalue weighted by Gasteiger charge is 2.51. The SMILES string of the molecule is COC(=O)C(O)CCCCCCCCCCCCC(O)COC1OC(COC(C)=O)C(OC2OC(CO)C(O)C(O)C2O)C(O)C1O. The van der Waals surface area contributed by atoms with Gasteiger partial charge >= 0.3 is 11.9 Å². The van der Waals surface area contributed by atoms with E-state index >= 15 is 0 Å². The first-order valence-electron chi connectivity index (χ1n) is 16.6. The lowest BCUT2D eigenvalue weighted by molar-refractivity contribution is -0.360. The fourth-order valence-corrected chi connectivity index (χ4v) is 5.55. The van der Waals surface area contributed by atoms with Gasteiger partial charge in [0.1, 0.15) is 55.4 Å². The minimum Gasteiger partial charge on any atom is -0.467 e. The van der Waals surface area contributed by atoms with Gasteiger partial charge in [0.15, 0.2) is 18.7 Å². The van der Waals surface area contributed by atoms with Crippen molar-refractivity contribution in [2.75, 3.05) is 26.9 Å². The van der Waals surface area contributed by atoms with E-state index in [4.69, 9.17) is 23.7 Å². The maximum atomic E-state index is 11.5. The average molecular weight is 685 g/mol. The summed E-state index contributed by atoms with van der Waals surface area (Å²) in [6.07, 6.45) is -6.77. The van der Waals surface area contributed by atoms with Crippen LogP contribution in [0.5, 0.6) is 0 Å². The Bertz CT molecular complexity index is 876. The average Bonchev–Trinajstić information content (AvgIpc) is 3.05. The Morgan fingerprint density at radius 1 is 0.702 bits per heavy atom. The Hall–Kier alpha value is -1.54. The molecule has 0 amide bonds. The highest BCUT2D eigenvalue weighted by molar-refractivity contribution is 5.74. The molecule has 16 nitrogen and oxygen atoms in total. The molecule has 0 aromatic carbocycles. The fraction of sp³-hybridized carbons (Fsp3) is 0.935. The van der Waals surface area contributed by atoms with Crippen molar-refractivity contribution in [2.45, 2.75) is 158 Å². The lowest BCUT2D eigenvalue weighted by atomic mass is 9.97. The molecule has 47 heavy (non-hydrogen) atoms. The lowest BCUT2D eigenvalue weighted by Crippen LogP contribution is -2.65. The fourth-order valence-electron chi connectivity index (χ4n) is 5.55. The minimum absolute atomic E-state index is 0.205. The number of aliphatic hydroxyl groups excluding tert-OH is 8. The Labute approximate surface area is 275 Å². The zero-order chi connectivity index (χ0) is 34.9. The van der Waals surface area contributed by atoms with E-state index in [-0.39, 0.29) is 6.61 Å². The molecule has 0 spiro atoms. The van der Waals surface area contributed by atoms with E-state index < -0.39 is 98.8 Å². The molecule has 2 aliphatic heterocycles. The molecule has 0 bridgehead atoms. The van der Waals surface area contributed by atoms with Crippen LogP contribution >= 0.6 is 0 Å². The number of hydrogen-bond acceptors (Lipinski definition) is 16. The molecular formula is C31H56O16. The number of ether oxygens (including phenoxy) is 6. The molecule has 2 saturated heterocycles. The van der Waals surface area contributed by atoms with Gasteiger partial charge in [0.2, 0.25) is 0 Å². The van der Waals surface area contributed by atoms with Gasteiger partial charge in [-0.2, -0.15) is 0 Å². The monoisotopic (exact) mass is 684 g/mol. The summed E-state index contributed by atoms with van der Waals surface area (Å²) in [5.74, 6) is -1.26. The number of esters is 2. The summed E-state index contributed by atoms with van der Waals surface area (Å²) in [6, 6.07) is 0. The second-order valence-electron chi connectivity index (χ2n) is 12.3. The molecular weight excluding hydrogens is 628 g/mol. The maximum Gasteiger partial charge on any atom is 0.334 e. The van der Waals surface area contributed by atoms with Crippen molar-refractivity contribution < 1.29 is 78.9 Å². The summed E-state index contributed by atoms with van der Waals surface area (Å²) >= 11 is 0. The first kappa shape index (κ1) is 41.6. The van der Waals surface area contributed by atoms with E-state index in [1.807, 2.05) is 0 Å². The smallest absolute Gasteiger partial charge is 0.334 e. The van der Waals surface area contributed by atoms with Crippen molar-refractivity contribution in [1.82, 2.24) is 0 Å². The van der Waals surface area contributed by atoms with E-state index in [0.29, 0.717) is 12.8 Å². The van der Waals surface area contributed by atoms with Gasteiger partial charge in [-0.3, -0.25) is 4.79 Å². The van der Waals surface area contributed by atoms with Crippen LogP contribution in [-0.2, 0) is 38.0 Å². The second-order valence-corrected chi connectivity index (χ2v) is 12.3. The molecule has 16 heteroatoms. The molecule has 8 N–H and O–H groups in total. The molecule has 0 radical (unpaired) electrons. The van der Waals surface area contributed by atoms with Gasteiger partial charge in [0.05, 0.1) is 26.4 Å². The quantitative estimate of drug-likeness (QED) is 0.0491. The van der Waals surface area contributed by atoms with E-state index in [1.54, 1.807) is 0 Å². The van der Waals surface area contributed by atoms with Gasteiger partial charge in [0.25, 0.3) is 0 Å². The van der Waals surface area contributed by atoms with Crippen LogP contribution in [0.1, 0.15) is 84.0 Å². The minimum atomic E-state index is -1.78. The molecule has 2 aliphatic rings. The van der Waals surface area contributed by atoms with Crippen LogP contribution in [0, 0.1) is 0 Å². The number of carbonyl (C=O) groups is 2. The van der Waals surface area contributed by atoms with Gasteiger partial charge in [0, 0.05) is 6.92 Å². The third-order valence-electron chi connectivity index (χ3n) is 8.42. The second kappa shape index (κ2) is 22.2. The Morgan fingerprint density at radius 2 is 1.23 bits per heavy atom. The predicted octanol–water partition coefficient (Wildman–Crippen LogP) is -1.23. The number of methoxy groups -OCH3 is 1. The predicted molar refractivity (Wildman–Crippen MR) is 161 cm³/mol. The van der Waals surface area contributed by atoms with Gasteiger partial charge in [-0.05, 0) is 12.8 Å². The van der Waals surface area contributed by atoms with Crippen molar-refractivity contribution in [3.8, 4) is 0 Å². The van der Waals surface area contributed by atoms with E-state index in [2.05, 4.69) is 4.74 Å². The van der Waals surface area contributed by atoms with Crippen molar-refractivity contribution in [2.24, 2.45) is 0 Å². The van der Waals surface area contributed by atoms with Crippen LogP contribution in [-0.4, -0.2) is 153 Å². The molecule has 12 unspecified atom stereocenters. The molecule has 2 fully saturated rings. The molecule has 0 aromatic heterocycles. The van der Waals surface area contributed by atoms with Crippen LogP contribution in [0.15, 0.2) is 0 Å². The van der Waals surface area contributed by atoms with E-state index in [0.717, 1.165) is 71.1 Å².